The van der Waals surface area contributed by atoms with Crippen molar-refractivity contribution in [3.63, 3.8) is 0 Å². The zero-order valence-electron chi connectivity index (χ0n) is 6.53. The first-order valence-corrected chi connectivity index (χ1v) is 6.55. The number of rotatable bonds is 1. The molecule has 0 aromatic rings. The molecule has 0 aliphatic heterocycles. The van der Waals surface area contributed by atoms with E-state index in [2.05, 4.69) is 59.0 Å². The lowest BCUT2D eigenvalue weighted by Gasteiger charge is -2.24. The molecule has 0 unspecified atom stereocenters. The molecule has 0 bridgehead atoms. The Morgan fingerprint density at radius 3 is 2.30 bits per heavy atom. The third-order valence-corrected chi connectivity index (χ3v) is 6.35. The van der Waals surface area contributed by atoms with Crippen molar-refractivity contribution < 1.29 is 0 Å². The largest absolute Gasteiger partial charge is 0.0860 e. The standard InChI is InChI=1S/C8H14I2/c1-8(2)4-3-6(5-9)7(8)10/h6-7H,3-5H2,1-2H3/t6-,7-/m1/s1. The summed E-state index contributed by atoms with van der Waals surface area (Å²) in [6.07, 6.45) is 2.87. The zero-order chi connectivity index (χ0) is 7.78. The Hall–Kier alpha value is 1.46. The molecule has 0 radical (unpaired) electrons. The molecular weight excluding hydrogens is 350 g/mol. The van der Waals surface area contributed by atoms with Gasteiger partial charge >= 0.3 is 0 Å². The molecular formula is C8H14I2. The van der Waals surface area contributed by atoms with E-state index < -0.39 is 0 Å². The number of halogens is 2. The fourth-order valence-electron chi connectivity index (χ4n) is 1.64. The number of hydrogen-bond acceptors (Lipinski definition) is 0. The maximum atomic E-state index is 2.63. The molecule has 1 aliphatic carbocycles. The van der Waals surface area contributed by atoms with Crippen LogP contribution in [0.4, 0.5) is 0 Å². The quantitative estimate of drug-likeness (QED) is 0.492. The minimum absolute atomic E-state index is 0.608. The predicted octanol–water partition coefficient (Wildman–Crippen LogP) is 3.66. The lowest BCUT2D eigenvalue weighted by molar-refractivity contribution is 0.393. The van der Waals surface area contributed by atoms with Crippen molar-refractivity contribution in [2.24, 2.45) is 11.3 Å². The summed E-state index contributed by atoms with van der Waals surface area (Å²) in [5.41, 5.74) is 0.608. The Bertz CT molecular complexity index is 120. The smallest absolute Gasteiger partial charge is 0.0196 e. The Balaban J connectivity index is 2.58. The van der Waals surface area contributed by atoms with Gasteiger partial charge in [0, 0.05) is 8.35 Å². The first-order valence-electron chi connectivity index (χ1n) is 3.78. The maximum Gasteiger partial charge on any atom is 0.0196 e. The molecule has 1 fully saturated rings. The fourth-order valence-corrected chi connectivity index (χ4v) is 4.48. The summed E-state index contributed by atoms with van der Waals surface area (Å²) in [7, 11) is 0. The minimum atomic E-state index is 0.608. The van der Waals surface area contributed by atoms with Gasteiger partial charge in [0.2, 0.25) is 0 Å². The van der Waals surface area contributed by atoms with Crippen LogP contribution in [0.5, 0.6) is 0 Å². The van der Waals surface area contributed by atoms with E-state index in [9.17, 15) is 0 Å². The third-order valence-electron chi connectivity index (χ3n) is 2.52. The first-order chi connectivity index (χ1) is 4.58. The van der Waals surface area contributed by atoms with Crippen LogP contribution < -0.4 is 0 Å². The molecule has 0 saturated heterocycles. The summed E-state index contributed by atoms with van der Waals surface area (Å²) in [5, 5.41) is 0. The van der Waals surface area contributed by atoms with Crippen LogP contribution in [-0.4, -0.2) is 8.35 Å². The second-order valence-corrected chi connectivity index (χ2v) is 6.07. The van der Waals surface area contributed by atoms with Gasteiger partial charge in [0.05, 0.1) is 0 Å². The molecule has 0 heterocycles. The van der Waals surface area contributed by atoms with E-state index >= 15 is 0 Å². The molecule has 1 aliphatic rings. The molecule has 10 heavy (non-hydrogen) atoms. The van der Waals surface area contributed by atoms with Crippen molar-refractivity contribution in [1.82, 2.24) is 0 Å². The van der Waals surface area contributed by atoms with Gasteiger partial charge in [0.1, 0.15) is 0 Å². The molecule has 2 heteroatoms. The summed E-state index contributed by atoms with van der Waals surface area (Å²) >= 11 is 5.15. The Morgan fingerprint density at radius 1 is 1.50 bits per heavy atom. The molecule has 0 amide bonds. The number of alkyl halides is 2. The first kappa shape index (κ1) is 9.55. The second kappa shape index (κ2) is 3.46. The van der Waals surface area contributed by atoms with Crippen LogP contribution in [0, 0.1) is 11.3 Å². The van der Waals surface area contributed by atoms with Gasteiger partial charge in [-0.05, 0) is 24.2 Å². The monoisotopic (exact) mass is 364 g/mol. The summed E-state index contributed by atoms with van der Waals surface area (Å²) in [5.74, 6) is 0.983. The van der Waals surface area contributed by atoms with Gasteiger partial charge in [0.25, 0.3) is 0 Å². The van der Waals surface area contributed by atoms with Crippen LogP contribution in [0.3, 0.4) is 0 Å². The van der Waals surface area contributed by atoms with Crippen molar-refractivity contribution in [1.29, 1.82) is 0 Å². The normalized spacial score (nSPS) is 38.4. The van der Waals surface area contributed by atoms with E-state index in [4.69, 9.17) is 0 Å². The Kier molecular flexibility index (Phi) is 3.30. The number of hydrogen-bond donors (Lipinski definition) is 0. The Morgan fingerprint density at radius 2 is 2.10 bits per heavy atom. The van der Waals surface area contributed by atoms with Gasteiger partial charge in [-0.2, -0.15) is 0 Å². The van der Waals surface area contributed by atoms with Crippen molar-refractivity contribution in [3.8, 4) is 0 Å². The van der Waals surface area contributed by atoms with Crippen molar-refractivity contribution in [2.45, 2.75) is 30.6 Å². The molecule has 60 valence electrons. The van der Waals surface area contributed by atoms with E-state index in [0.717, 1.165) is 9.84 Å². The van der Waals surface area contributed by atoms with Gasteiger partial charge < -0.3 is 0 Å². The molecule has 0 N–H and O–H groups in total. The van der Waals surface area contributed by atoms with Crippen LogP contribution in [0.2, 0.25) is 0 Å². The van der Waals surface area contributed by atoms with E-state index in [1.165, 1.54) is 17.3 Å². The van der Waals surface area contributed by atoms with Crippen molar-refractivity contribution in [3.05, 3.63) is 0 Å². The maximum absolute atomic E-state index is 2.63. The fraction of sp³-hybridized carbons (Fsp3) is 1.00. The second-order valence-electron chi connectivity index (χ2n) is 3.84. The average molecular weight is 364 g/mol. The molecule has 2 atom stereocenters. The summed E-state index contributed by atoms with van der Waals surface area (Å²) in [6.45, 7) is 4.80. The third kappa shape index (κ3) is 1.79. The molecule has 1 rings (SSSR count). The Labute approximate surface area is 90.8 Å². The van der Waals surface area contributed by atoms with Gasteiger partial charge in [-0.1, -0.05) is 59.0 Å². The molecule has 0 spiro atoms. The highest BCUT2D eigenvalue weighted by molar-refractivity contribution is 14.1. The van der Waals surface area contributed by atoms with E-state index in [0.29, 0.717) is 5.41 Å². The highest BCUT2D eigenvalue weighted by Crippen LogP contribution is 2.46. The summed E-state index contributed by atoms with van der Waals surface area (Å²) in [6, 6.07) is 0. The van der Waals surface area contributed by atoms with Crippen molar-refractivity contribution in [2.75, 3.05) is 4.43 Å². The highest BCUT2D eigenvalue weighted by atomic mass is 127. The van der Waals surface area contributed by atoms with Crippen LogP contribution in [-0.2, 0) is 0 Å². The molecule has 0 aromatic carbocycles. The lowest BCUT2D eigenvalue weighted by Crippen LogP contribution is -2.22. The average Bonchev–Trinajstić information content (AvgIpc) is 2.10. The van der Waals surface area contributed by atoms with E-state index in [1.807, 2.05) is 0 Å². The van der Waals surface area contributed by atoms with Gasteiger partial charge in [-0.3, -0.25) is 0 Å². The highest BCUT2D eigenvalue weighted by Gasteiger charge is 2.39. The summed E-state index contributed by atoms with van der Waals surface area (Å²) in [4.78, 5) is 0. The zero-order valence-corrected chi connectivity index (χ0v) is 10.8. The van der Waals surface area contributed by atoms with E-state index in [-0.39, 0.29) is 0 Å². The van der Waals surface area contributed by atoms with Gasteiger partial charge in [-0.25, -0.2) is 0 Å². The van der Waals surface area contributed by atoms with E-state index in [1.54, 1.807) is 0 Å². The predicted molar refractivity (Wildman–Crippen MR) is 63.2 cm³/mol. The van der Waals surface area contributed by atoms with Crippen LogP contribution >= 0.6 is 45.2 Å². The molecule has 0 aromatic heterocycles. The summed E-state index contributed by atoms with van der Waals surface area (Å²) < 4.78 is 2.25. The minimum Gasteiger partial charge on any atom is -0.0860 e. The van der Waals surface area contributed by atoms with Gasteiger partial charge in [0.15, 0.2) is 0 Å². The SMILES string of the molecule is CC1(C)CC[C@H](CI)[C@H]1I. The molecule has 0 nitrogen and oxygen atoms in total. The van der Waals surface area contributed by atoms with Crippen LogP contribution in [0.15, 0.2) is 0 Å². The van der Waals surface area contributed by atoms with Crippen LogP contribution in [0.25, 0.3) is 0 Å². The topological polar surface area (TPSA) is 0 Å². The van der Waals surface area contributed by atoms with Gasteiger partial charge in [-0.15, -0.1) is 0 Å². The lowest BCUT2D eigenvalue weighted by atomic mass is 9.91. The van der Waals surface area contributed by atoms with Crippen molar-refractivity contribution >= 4 is 45.2 Å². The van der Waals surface area contributed by atoms with Crippen LogP contribution in [0.1, 0.15) is 26.7 Å². The molecule has 1 saturated carbocycles.